The third kappa shape index (κ3) is 3.65. The van der Waals surface area contributed by atoms with Crippen molar-refractivity contribution in [3.05, 3.63) is 58.0 Å². The molecule has 34 heavy (non-hydrogen) atoms. The third-order valence-electron chi connectivity index (χ3n) is 7.63. The number of hydrogen-bond acceptors (Lipinski definition) is 6. The molecule has 1 aliphatic carbocycles. The van der Waals surface area contributed by atoms with Crippen molar-refractivity contribution in [1.29, 1.82) is 0 Å². The van der Waals surface area contributed by atoms with Gasteiger partial charge in [-0.05, 0) is 48.6 Å². The first-order valence-corrected chi connectivity index (χ1v) is 11.9. The van der Waals surface area contributed by atoms with Crippen molar-refractivity contribution in [2.75, 3.05) is 34.4 Å². The summed E-state index contributed by atoms with van der Waals surface area (Å²) in [6, 6.07) is 10.3. The molecule has 1 saturated carbocycles. The number of benzene rings is 1. The maximum absolute atomic E-state index is 13.6. The Morgan fingerprint density at radius 3 is 2.59 bits per heavy atom. The molecule has 2 fully saturated rings. The molecule has 1 aromatic carbocycles. The Hall–Kier alpha value is -2.97. The summed E-state index contributed by atoms with van der Waals surface area (Å²) >= 11 is 0. The largest absolute Gasteiger partial charge is 0.468 e. The van der Waals surface area contributed by atoms with Crippen LogP contribution in [0.4, 0.5) is 0 Å². The zero-order chi connectivity index (χ0) is 24.1. The highest BCUT2D eigenvalue weighted by molar-refractivity contribution is 5.95. The number of rotatable bonds is 6. The van der Waals surface area contributed by atoms with Gasteiger partial charge in [-0.1, -0.05) is 12.1 Å². The summed E-state index contributed by atoms with van der Waals surface area (Å²) in [5, 5.41) is 10.2. The molecule has 1 N–H and O–H groups in total. The van der Waals surface area contributed by atoms with Gasteiger partial charge in [0, 0.05) is 62.4 Å². The Morgan fingerprint density at radius 2 is 1.94 bits per heavy atom. The zero-order valence-electron chi connectivity index (χ0n) is 19.8. The molecule has 2 aromatic rings. The molecule has 8 heteroatoms. The highest BCUT2D eigenvalue weighted by Gasteiger charge is 2.56. The molecule has 0 unspecified atom stereocenters. The number of pyridine rings is 1. The normalized spacial score (nSPS) is 25.6. The Kier molecular flexibility index (Phi) is 5.81. The summed E-state index contributed by atoms with van der Waals surface area (Å²) in [7, 11) is 4.79. The van der Waals surface area contributed by atoms with Gasteiger partial charge >= 0.3 is 5.97 Å². The fourth-order valence-corrected chi connectivity index (χ4v) is 5.80. The molecular formula is C26H31N3O5. The summed E-state index contributed by atoms with van der Waals surface area (Å²) in [6.45, 7) is 1.08. The Balaban J connectivity index is 1.54. The van der Waals surface area contributed by atoms with E-state index in [-0.39, 0.29) is 41.9 Å². The molecule has 8 nitrogen and oxygen atoms in total. The highest BCUT2D eigenvalue weighted by Crippen LogP contribution is 2.51. The van der Waals surface area contributed by atoms with E-state index in [1.54, 1.807) is 36.9 Å². The number of ether oxygens (including phenoxy) is 1. The summed E-state index contributed by atoms with van der Waals surface area (Å²) in [6.07, 6.45) is 2.28. The molecule has 4 atom stereocenters. The van der Waals surface area contributed by atoms with Crippen LogP contribution in [0.15, 0.2) is 41.2 Å². The summed E-state index contributed by atoms with van der Waals surface area (Å²) in [4.78, 5) is 42.4. The Morgan fingerprint density at radius 1 is 1.18 bits per heavy atom. The summed E-state index contributed by atoms with van der Waals surface area (Å²) < 4.78 is 6.90. The number of carbonyl (C=O) groups excluding carboxylic acids is 2. The highest BCUT2D eigenvalue weighted by atomic mass is 16.5. The average molecular weight is 466 g/mol. The molecule has 2 aliphatic heterocycles. The molecule has 1 saturated heterocycles. The second-order valence-corrected chi connectivity index (χ2v) is 9.93. The first kappa shape index (κ1) is 22.8. The molecule has 0 spiro atoms. The number of esters is 1. The van der Waals surface area contributed by atoms with Gasteiger partial charge in [0.05, 0.1) is 13.2 Å². The fourth-order valence-electron chi connectivity index (χ4n) is 5.80. The lowest BCUT2D eigenvalue weighted by Crippen LogP contribution is -2.44. The van der Waals surface area contributed by atoms with Crippen molar-refractivity contribution in [2.24, 2.45) is 17.8 Å². The Bertz CT molecular complexity index is 1190. The van der Waals surface area contributed by atoms with Crippen molar-refractivity contribution >= 4 is 11.9 Å². The number of aliphatic hydroxyl groups excluding tert-OH is 1. The van der Waals surface area contributed by atoms with E-state index >= 15 is 0 Å². The zero-order valence-corrected chi connectivity index (χ0v) is 19.8. The number of methoxy groups -OCH3 is 1. The molecule has 3 heterocycles. The summed E-state index contributed by atoms with van der Waals surface area (Å²) in [5.74, 6) is -0.227. The van der Waals surface area contributed by atoms with Crippen molar-refractivity contribution in [3.8, 4) is 11.1 Å². The van der Waals surface area contributed by atoms with Crippen LogP contribution < -0.4 is 5.56 Å². The minimum atomic E-state index is -0.497. The molecule has 180 valence electrons. The van der Waals surface area contributed by atoms with Gasteiger partial charge in [0.1, 0.15) is 6.04 Å². The summed E-state index contributed by atoms with van der Waals surface area (Å²) in [5.41, 5.74) is 2.53. The second-order valence-electron chi connectivity index (χ2n) is 9.93. The number of hydrogen-bond donors (Lipinski definition) is 1. The van der Waals surface area contributed by atoms with E-state index in [0.29, 0.717) is 29.2 Å². The standard InChI is InChI=1S/C26H31N3O5/c1-27(2)24(31)17-6-4-5-16(11-17)18-9-10-21-22-19(13-28(21)25(18)32)20(14-30)23(26(33)34-3)29(22)12-15-7-8-15/h4-6,9-11,15,19-20,22-23,30H,7-8,12-14H2,1-3H3/t19-,20-,22+,23-/m1/s1. The number of likely N-dealkylation sites (tertiary alicyclic amines) is 1. The van der Waals surface area contributed by atoms with E-state index in [2.05, 4.69) is 4.90 Å². The van der Waals surface area contributed by atoms with E-state index in [1.807, 2.05) is 18.2 Å². The van der Waals surface area contributed by atoms with Gasteiger partial charge in [0.25, 0.3) is 11.5 Å². The first-order chi connectivity index (χ1) is 16.3. The molecule has 5 rings (SSSR count). The van der Waals surface area contributed by atoms with E-state index in [9.17, 15) is 19.5 Å². The van der Waals surface area contributed by atoms with Crippen molar-refractivity contribution in [3.63, 3.8) is 0 Å². The quantitative estimate of drug-likeness (QED) is 0.654. The number of amides is 1. The smallest absolute Gasteiger partial charge is 0.323 e. The maximum atomic E-state index is 13.6. The van der Waals surface area contributed by atoms with Crippen LogP contribution in [-0.4, -0.2) is 71.7 Å². The van der Waals surface area contributed by atoms with Crippen LogP contribution >= 0.6 is 0 Å². The van der Waals surface area contributed by atoms with Crippen LogP contribution in [0.3, 0.4) is 0 Å². The van der Waals surface area contributed by atoms with Crippen molar-refractivity contribution in [1.82, 2.24) is 14.4 Å². The number of nitrogens with zero attached hydrogens (tertiary/aromatic N) is 3. The average Bonchev–Trinajstić information content (AvgIpc) is 3.50. The van der Waals surface area contributed by atoms with Crippen LogP contribution in [0.25, 0.3) is 11.1 Å². The number of aromatic nitrogens is 1. The van der Waals surface area contributed by atoms with Gasteiger partial charge in [-0.3, -0.25) is 19.3 Å². The van der Waals surface area contributed by atoms with Gasteiger partial charge in [-0.15, -0.1) is 0 Å². The van der Waals surface area contributed by atoms with E-state index in [4.69, 9.17) is 4.74 Å². The monoisotopic (exact) mass is 465 g/mol. The molecule has 0 bridgehead atoms. The van der Waals surface area contributed by atoms with E-state index in [0.717, 1.165) is 25.1 Å². The minimum Gasteiger partial charge on any atom is -0.468 e. The molecular weight excluding hydrogens is 434 g/mol. The lowest BCUT2D eigenvalue weighted by Gasteiger charge is -2.29. The van der Waals surface area contributed by atoms with Gasteiger partial charge in [0.15, 0.2) is 0 Å². The fraction of sp³-hybridized carbons (Fsp3) is 0.500. The van der Waals surface area contributed by atoms with Crippen molar-refractivity contribution in [2.45, 2.75) is 31.5 Å². The number of fused-ring (bicyclic) bond motifs is 3. The topological polar surface area (TPSA) is 92.1 Å². The number of carbonyl (C=O) groups is 2. The predicted octanol–water partition coefficient (Wildman–Crippen LogP) is 1.76. The lowest BCUT2D eigenvalue weighted by atomic mass is 9.88. The van der Waals surface area contributed by atoms with E-state index < -0.39 is 6.04 Å². The van der Waals surface area contributed by atoms with Gasteiger partial charge < -0.3 is 19.3 Å². The van der Waals surface area contributed by atoms with Crippen LogP contribution in [-0.2, 0) is 16.1 Å². The van der Waals surface area contributed by atoms with Crippen LogP contribution in [0.1, 0.15) is 34.9 Å². The third-order valence-corrected chi connectivity index (χ3v) is 7.63. The SMILES string of the molecule is COC(=O)[C@H]1[C@H](CO)[C@H]2Cn3c(ccc(-c4cccc(C(=O)N(C)C)c4)c3=O)[C@H]2N1CC1CC1. The molecule has 1 aromatic heterocycles. The van der Waals surface area contributed by atoms with Crippen LogP contribution in [0, 0.1) is 17.8 Å². The van der Waals surface area contributed by atoms with Crippen LogP contribution in [0.5, 0.6) is 0 Å². The lowest BCUT2D eigenvalue weighted by molar-refractivity contribution is -0.148. The first-order valence-electron chi connectivity index (χ1n) is 11.9. The van der Waals surface area contributed by atoms with E-state index in [1.165, 1.54) is 12.0 Å². The second kappa shape index (κ2) is 8.67. The number of aliphatic hydroxyl groups is 1. The van der Waals surface area contributed by atoms with Gasteiger partial charge in [0.2, 0.25) is 0 Å². The van der Waals surface area contributed by atoms with Gasteiger partial charge in [-0.25, -0.2) is 0 Å². The predicted molar refractivity (Wildman–Crippen MR) is 126 cm³/mol. The van der Waals surface area contributed by atoms with Crippen LogP contribution in [0.2, 0.25) is 0 Å². The molecule has 1 amide bonds. The van der Waals surface area contributed by atoms with Crippen molar-refractivity contribution < 1.29 is 19.4 Å². The molecule has 0 radical (unpaired) electrons. The van der Waals surface area contributed by atoms with Gasteiger partial charge in [-0.2, -0.15) is 0 Å². The minimum absolute atomic E-state index is 0.0440. The maximum Gasteiger partial charge on any atom is 0.323 e. The Labute approximate surface area is 198 Å². The molecule has 3 aliphatic rings.